The van der Waals surface area contributed by atoms with Crippen LogP contribution in [0.5, 0.6) is 5.88 Å². The van der Waals surface area contributed by atoms with Crippen LogP contribution in [-0.4, -0.2) is 26.6 Å². The van der Waals surface area contributed by atoms with Gasteiger partial charge >= 0.3 is 6.03 Å². The number of hydrogen-bond acceptors (Lipinski definition) is 4. The molecule has 1 aliphatic heterocycles. The van der Waals surface area contributed by atoms with Crippen molar-refractivity contribution in [1.29, 1.82) is 0 Å². The smallest absolute Gasteiger partial charge is 0.331 e. The lowest BCUT2D eigenvalue weighted by Crippen LogP contribution is -2.34. The SMILES string of the molecule is C[C@@H]1CCc2cc3c(c(NC(=O)N[S@@](=O)c4cnn5c4OCC(C)(C)C5)c21)CCC3. The summed E-state index contributed by atoms with van der Waals surface area (Å²) in [6.07, 6.45) is 6.85. The number of rotatable bonds is 3. The number of carbonyl (C=O) groups is 1. The number of nitrogens with zero attached hydrogens (tertiary/aromatic N) is 2. The van der Waals surface area contributed by atoms with Gasteiger partial charge in [0.15, 0.2) is 11.0 Å². The number of hydrogen-bond donors (Lipinski definition) is 2. The van der Waals surface area contributed by atoms with Crippen LogP contribution in [0.25, 0.3) is 0 Å². The monoisotopic (exact) mass is 428 g/mol. The fraction of sp³-hybridized carbons (Fsp3) is 0.545. The molecule has 7 nitrogen and oxygen atoms in total. The molecule has 5 rings (SSSR count). The molecular weight excluding hydrogens is 400 g/mol. The molecule has 2 amide bonds. The number of ether oxygens (including phenoxy) is 1. The quantitative estimate of drug-likeness (QED) is 0.781. The Hall–Kier alpha value is -2.35. The minimum Gasteiger partial charge on any atom is -0.476 e. The van der Waals surface area contributed by atoms with Crippen molar-refractivity contribution in [2.75, 3.05) is 11.9 Å². The van der Waals surface area contributed by atoms with Crippen LogP contribution >= 0.6 is 0 Å². The number of nitrogens with one attached hydrogen (secondary N) is 2. The minimum absolute atomic E-state index is 0.0344. The van der Waals surface area contributed by atoms with Crippen molar-refractivity contribution >= 4 is 22.7 Å². The van der Waals surface area contributed by atoms with Gasteiger partial charge in [0, 0.05) is 11.1 Å². The molecule has 0 spiro atoms. The van der Waals surface area contributed by atoms with Crippen molar-refractivity contribution in [3.8, 4) is 5.88 Å². The zero-order chi connectivity index (χ0) is 21.0. The van der Waals surface area contributed by atoms with Gasteiger partial charge in [0.1, 0.15) is 4.90 Å². The van der Waals surface area contributed by atoms with Crippen LogP contribution in [-0.2, 0) is 36.8 Å². The molecule has 2 heterocycles. The highest BCUT2D eigenvalue weighted by Gasteiger charge is 2.32. The van der Waals surface area contributed by atoms with Gasteiger partial charge < -0.3 is 10.1 Å². The molecular formula is C22H28N4O3S. The van der Waals surface area contributed by atoms with Gasteiger partial charge in [0.05, 0.1) is 19.3 Å². The fourth-order valence-electron chi connectivity index (χ4n) is 4.99. The van der Waals surface area contributed by atoms with Gasteiger partial charge in [-0.3, -0.25) is 4.72 Å². The average Bonchev–Trinajstić information content (AvgIpc) is 3.39. The second-order valence-electron chi connectivity index (χ2n) is 9.50. The summed E-state index contributed by atoms with van der Waals surface area (Å²) < 4.78 is 23.0. The first-order valence-electron chi connectivity index (χ1n) is 10.7. The lowest BCUT2D eigenvalue weighted by Gasteiger charge is -2.30. The molecule has 8 heteroatoms. The fourth-order valence-corrected chi connectivity index (χ4v) is 5.78. The molecule has 2 aromatic rings. The summed E-state index contributed by atoms with van der Waals surface area (Å²) in [5.41, 5.74) is 6.10. The van der Waals surface area contributed by atoms with Gasteiger partial charge in [-0.25, -0.2) is 13.7 Å². The number of carbonyl (C=O) groups excluding carboxylic acids is 1. The van der Waals surface area contributed by atoms with Crippen LogP contribution in [0, 0.1) is 5.41 Å². The molecule has 1 aromatic carbocycles. The van der Waals surface area contributed by atoms with Gasteiger partial charge in [-0.15, -0.1) is 0 Å². The summed E-state index contributed by atoms with van der Waals surface area (Å²) >= 11 is 0. The lowest BCUT2D eigenvalue weighted by molar-refractivity contribution is 0.0972. The molecule has 30 heavy (non-hydrogen) atoms. The molecule has 0 unspecified atom stereocenters. The predicted molar refractivity (Wildman–Crippen MR) is 115 cm³/mol. The number of aryl methyl sites for hydroxylation is 2. The van der Waals surface area contributed by atoms with E-state index >= 15 is 0 Å². The van der Waals surface area contributed by atoms with Gasteiger partial charge in [-0.2, -0.15) is 5.10 Å². The van der Waals surface area contributed by atoms with E-state index in [2.05, 4.69) is 42.0 Å². The Balaban J connectivity index is 1.36. The number of aromatic nitrogens is 2. The van der Waals surface area contributed by atoms with Gasteiger partial charge in [-0.1, -0.05) is 26.8 Å². The van der Waals surface area contributed by atoms with E-state index < -0.39 is 17.0 Å². The van der Waals surface area contributed by atoms with Crippen molar-refractivity contribution in [2.24, 2.45) is 5.41 Å². The lowest BCUT2D eigenvalue weighted by atomic mass is 9.94. The molecule has 0 fully saturated rings. The Labute approximate surface area is 179 Å². The van der Waals surface area contributed by atoms with E-state index in [1.165, 1.54) is 28.5 Å². The van der Waals surface area contributed by atoms with E-state index in [9.17, 15) is 9.00 Å². The summed E-state index contributed by atoms with van der Waals surface area (Å²) in [4.78, 5) is 13.2. The Bertz CT molecular complexity index is 1060. The van der Waals surface area contributed by atoms with E-state index in [4.69, 9.17) is 4.74 Å². The van der Waals surface area contributed by atoms with Crippen LogP contribution in [0.4, 0.5) is 10.5 Å². The number of anilines is 1. The summed E-state index contributed by atoms with van der Waals surface area (Å²) in [5.74, 6) is 0.897. The zero-order valence-corrected chi connectivity index (χ0v) is 18.5. The Morgan fingerprint density at radius 1 is 1.30 bits per heavy atom. The highest BCUT2D eigenvalue weighted by Crippen LogP contribution is 2.43. The third-order valence-corrected chi connectivity index (χ3v) is 7.48. The number of amides is 2. The van der Waals surface area contributed by atoms with Crippen molar-refractivity contribution in [3.63, 3.8) is 0 Å². The van der Waals surface area contributed by atoms with Gasteiger partial charge in [-0.05, 0) is 60.3 Å². The van der Waals surface area contributed by atoms with Crippen LogP contribution in [0.1, 0.15) is 61.8 Å². The maximum atomic E-state index is 12.9. The molecule has 0 bridgehead atoms. The molecule has 0 saturated carbocycles. The minimum atomic E-state index is -1.75. The Morgan fingerprint density at radius 2 is 2.13 bits per heavy atom. The number of benzene rings is 1. The highest BCUT2D eigenvalue weighted by molar-refractivity contribution is 7.83. The standard InChI is InChI=1S/C22H28N4O3S/c1-13-7-8-15-9-14-5-4-6-16(14)19(18(13)15)24-21(27)25-30(28)17-10-23-26-11-22(2,3)12-29-20(17)26/h9-10,13H,4-8,11-12H2,1-3H3,(H2,24,25,27)/t13-,30+/m1/s1. The van der Waals surface area contributed by atoms with Crippen LogP contribution < -0.4 is 14.8 Å². The van der Waals surface area contributed by atoms with Gasteiger partial charge in [0.2, 0.25) is 5.88 Å². The molecule has 0 radical (unpaired) electrons. The summed E-state index contributed by atoms with van der Waals surface area (Å²) in [6, 6.07) is 1.88. The summed E-state index contributed by atoms with van der Waals surface area (Å²) in [6.45, 7) is 7.61. The van der Waals surface area contributed by atoms with Crippen LogP contribution in [0.15, 0.2) is 17.2 Å². The van der Waals surface area contributed by atoms with Crippen molar-refractivity contribution in [2.45, 2.75) is 70.2 Å². The molecule has 2 aliphatic carbocycles. The highest BCUT2D eigenvalue weighted by atomic mass is 32.2. The molecule has 0 saturated heterocycles. The normalized spacial score (nSPS) is 21.9. The van der Waals surface area contributed by atoms with Crippen molar-refractivity contribution in [3.05, 3.63) is 34.5 Å². The maximum absolute atomic E-state index is 12.9. The topological polar surface area (TPSA) is 85.3 Å². The molecule has 2 N–H and O–H groups in total. The average molecular weight is 429 g/mol. The third kappa shape index (κ3) is 3.31. The second kappa shape index (κ2) is 7.11. The number of fused-ring (bicyclic) bond motifs is 3. The first kappa shape index (κ1) is 19.6. The van der Waals surface area contributed by atoms with E-state index in [0.717, 1.165) is 37.8 Å². The van der Waals surface area contributed by atoms with Crippen LogP contribution in [0.2, 0.25) is 0 Å². The maximum Gasteiger partial charge on any atom is 0.331 e. The third-order valence-electron chi connectivity index (χ3n) is 6.43. The molecule has 1 aromatic heterocycles. The Kier molecular flexibility index (Phi) is 4.65. The first-order valence-corrected chi connectivity index (χ1v) is 11.8. The summed E-state index contributed by atoms with van der Waals surface area (Å²) in [5, 5.41) is 7.34. The first-order chi connectivity index (χ1) is 14.3. The molecule has 160 valence electrons. The van der Waals surface area contributed by atoms with Crippen LogP contribution in [0.3, 0.4) is 0 Å². The van der Waals surface area contributed by atoms with Crippen molar-refractivity contribution in [1.82, 2.24) is 14.5 Å². The predicted octanol–water partition coefficient (Wildman–Crippen LogP) is 3.68. The number of urea groups is 1. The summed E-state index contributed by atoms with van der Waals surface area (Å²) in [7, 11) is -1.75. The van der Waals surface area contributed by atoms with Crippen molar-refractivity contribution < 1.29 is 13.7 Å². The zero-order valence-electron chi connectivity index (χ0n) is 17.7. The van der Waals surface area contributed by atoms with E-state index in [-0.39, 0.29) is 5.41 Å². The molecule has 2 atom stereocenters. The Morgan fingerprint density at radius 3 is 2.97 bits per heavy atom. The van der Waals surface area contributed by atoms with E-state index in [1.54, 1.807) is 4.68 Å². The van der Waals surface area contributed by atoms with Gasteiger partial charge in [0.25, 0.3) is 0 Å². The van der Waals surface area contributed by atoms with E-state index in [0.29, 0.717) is 29.8 Å². The molecule has 3 aliphatic rings. The largest absolute Gasteiger partial charge is 0.476 e. The van der Waals surface area contributed by atoms with E-state index in [1.807, 2.05) is 0 Å². The second-order valence-corrected chi connectivity index (χ2v) is 10.7.